The zero-order valence-electron chi connectivity index (χ0n) is 11.5. The van der Waals surface area contributed by atoms with Gasteiger partial charge in [-0.15, -0.1) is 0 Å². The maximum atomic E-state index is 11.9. The minimum atomic E-state index is -0.834. The SMILES string of the molecule is CN1C2CCC1CC(Nc1cccc(Br)c1)(C(=O)O)C2. The Kier molecular flexibility index (Phi) is 3.50. The molecule has 0 aliphatic carbocycles. The number of benzene rings is 1. The largest absolute Gasteiger partial charge is 0.480 e. The van der Waals surface area contributed by atoms with Gasteiger partial charge < -0.3 is 15.3 Å². The Labute approximate surface area is 127 Å². The van der Waals surface area contributed by atoms with Crippen molar-refractivity contribution >= 4 is 27.6 Å². The molecule has 4 nitrogen and oxygen atoms in total. The van der Waals surface area contributed by atoms with Crippen molar-refractivity contribution in [2.45, 2.75) is 43.3 Å². The average Bonchev–Trinajstić information content (AvgIpc) is 2.62. The topological polar surface area (TPSA) is 52.6 Å². The minimum absolute atomic E-state index is 0.379. The van der Waals surface area contributed by atoms with E-state index in [0.29, 0.717) is 24.9 Å². The summed E-state index contributed by atoms with van der Waals surface area (Å²) in [5.74, 6) is -0.734. The molecule has 5 heteroatoms. The molecular weight excluding hydrogens is 320 g/mol. The average molecular weight is 339 g/mol. The van der Waals surface area contributed by atoms with Gasteiger partial charge in [0.25, 0.3) is 0 Å². The first-order chi connectivity index (χ1) is 9.50. The first-order valence-corrected chi connectivity index (χ1v) is 7.78. The molecule has 0 saturated carbocycles. The van der Waals surface area contributed by atoms with Crippen LogP contribution in [0.2, 0.25) is 0 Å². The predicted octanol–water partition coefficient (Wildman–Crippen LogP) is 2.94. The van der Waals surface area contributed by atoms with E-state index < -0.39 is 11.5 Å². The third-order valence-electron chi connectivity index (χ3n) is 4.77. The number of nitrogens with zero attached hydrogens (tertiary/aromatic N) is 1. The number of carboxylic acid groups (broad SMARTS) is 1. The number of hydrogen-bond donors (Lipinski definition) is 2. The molecule has 0 aromatic heterocycles. The standard InChI is InChI=1S/C15H19BrN2O2/c1-18-12-5-6-13(18)9-15(8-12,14(19)20)17-11-4-2-3-10(16)7-11/h2-4,7,12-13,17H,5-6,8-9H2,1H3,(H,19,20). The number of rotatable bonds is 3. The molecule has 108 valence electrons. The highest BCUT2D eigenvalue weighted by atomic mass is 79.9. The molecule has 2 heterocycles. The van der Waals surface area contributed by atoms with Crippen molar-refractivity contribution in [1.82, 2.24) is 4.90 Å². The number of aliphatic carboxylic acids is 1. The number of nitrogens with one attached hydrogen (secondary N) is 1. The molecule has 1 aromatic carbocycles. The quantitative estimate of drug-likeness (QED) is 0.889. The number of carboxylic acids is 1. The zero-order chi connectivity index (χ0) is 14.3. The van der Waals surface area contributed by atoms with E-state index in [1.54, 1.807) is 0 Å². The third kappa shape index (κ3) is 2.33. The van der Waals surface area contributed by atoms with Crippen molar-refractivity contribution < 1.29 is 9.90 Å². The van der Waals surface area contributed by atoms with Crippen LogP contribution >= 0.6 is 15.9 Å². The minimum Gasteiger partial charge on any atom is -0.480 e. The Bertz CT molecular complexity index is 520. The molecule has 2 unspecified atom stereocenters. The second kappa shape index (κ2) is 5.04. The van der Waals surface area contributed by atoms with Crippen LogP contribution in [0.5, 0.6) is 0 Å². The second-order valence-electron chi connectivity index (χ2n) is 5.98. The molecule has 0 spiro atoms. The molecule has 2 bridgehead atoms. The van der Waals surface area contributed by atoms with Crippen LogP contribution < -0.4 is 5.32 Å². The Balaban J connectivity index is 1.88. The number of carbonyl (C=O) groups is 1. The highest BCUT2D eigenvalue weighted by molar-refractivity contribution is 9.10. The van der Waals surface area contributed by atoms with Gasteiger partial charge in [-0.1, -0.05) is 22.0 Å². The lowest BCUT2D eigenvalue weighted by molar-refractivity contribution is -0.145. The summed E-state index contributed by atoms with van der Waals surface area (Å²) in [7, 11) is 2.12. The smallest absolute Gasteiger partial charge is 0.329 e. The van der Waals surface area contributed by atoms with Crippen LogP contribution in [0, 0.1) is 0 Å². The van der Waals surface area contributed by atoms with Crippen molar-refractivity contribution in [3.05, 3.63) is 28.7 Å². The summed E-state index contributed by atoms with van der Waals surface area (Å²) in [5.41, 5.74) is 0.0322. The summed E-state index contributed by atoms with van der Waals surface area (Å²) in [6.45, 7) is 0. The van der Waals surface area contributed by atoms with E-state index in [1.807, 2.05) is 24.3 Å². The number of anilines is 1. The Hall–Kier alpha value is -1.07. The van der Waals surface area contributed by atoms with Gasteiger partial charge in [0, 0.05) is 22.2 Å². The van der Waals surface area contributed by atoms with Crippen LogP contribution in [-0.4, -0.2) is 40.6 Å². The summed E-state index contributed by atoms with van der Waals surface area (Å²) in [6.07, 6.45) is 3.55. The van der Waals surface area contributed by atoms with E-state index in [9.17, 15) is 9.90 Å². The zero-order valence-corrected chi connectivity index (χ0v) is 13.1. The van der Waals surface area contributed by atoms with Gasteiger partial charge in [-0.05, 0) is 50.9 Å². The molecule has 3 rings (SSSR count). The van der Waals surface area contributed by atoms with E-state index in [2.05, 4.69) is 33.2 Å². The van der Waals surface area contributed by atoms with Crippen LogP contribution in [0.1, 0.15) is 25.7 Å². The molecule has 1 aromatic rings. The van der Waals surface area contributed by atoms with Gasteiger partial charge in [0.1, 0.15) is 5.54 Å². The third-order valence-corrected chi connectivity index (χ3v) is 5.26. The van der Waals surface area contributed by atoms with Crippen molar-refractivity contribution in [1.29, 1.82) is 0 Å². The van der Waals surface area contributed by atoms with Crippen molar-refractivity contribution in [3.63, 3.8) is 0 Å². The molecule has 2 saturated heterocycles. The van der Waals surface area contributed by atoms with Crippen molar-refractivity contribution in [2.75, 3.05) is 12.4 Å². The number of fused-ring (bicyclic) bond motifs is 2. The maximum absolute atomic E-state index is 11.9. The van der Waals surface area contributed by atoms with E-state index >= 15 is 0 Å². The van der Waals surface area contributed by atoms with E-state index in [1.165, 1.54) is 0 Å². The van der Waals surface area contributed by atoms with Crippen molar-refractivity contribution in [3.8, 4) is 0 Å². The summed E-state index contributed by atoms with van der Waals surface area (Å²) in [6, 6.07) is 8.48. The van der Waals surface area contributed by atoms with E-state index in [4.69, 9.17) is 0 Å². The summed E-state index contributed by atoms with van der Waals surface area (Å²) < 4.78 is 0.957. The van der Waals surface area contributed by atoms with E-state index in [0.717, 1.165) is 23.0 Å². The van der Waals surface area contributed by atoms with Gasteiger partial charge in [0.15, 0.2) is 0 Å². The molecule has 2 aliphatic heterocycles. The maximum Gasteiger partial charge on any atom is 0.329 e. The van der Waals surface area contributed by atoms with Gasteiger partial charge in [-0.2, -0.15) is 0 Å². The molecule has 2 atom stereocenters. The Morgan fingerprint density at radius 2 is 2.05 bits per heavy atom. The summed E-state index contributed by atoms with van der Waals surface area (Å²) >= 11 is 3.43. The van der Waals surface area contributed by atoms with Gasteiger partial charge >= 0.3 is 5.97 Å². The van der Waals surface area contributed by atoms with Crippen LogP contribution in [0.25, 0.3) is 0 Å². The highest BCUT2D eigenvalue weighted by Gasteiger charge is 2.51. The lowest BCUT2D eigenvalue weighted by Gasteiger charge is -2.43. The summed E-state index contributed by atoms with van der Waals surface area (Å²) in [5, 5.41) is 13.1. The molecule has 0 amide bonds. The molecule has 0 radical (unpaired) electrons. The number of hydrogen-bond acceptors (Lipinski definition) is 3. The summed E-state index contributed by atoms with van der Waals surface area (Å²) in [4.78, 5) is 14.2. The lowest BCUT2D eigenvalue weighted by atomic mass is 9.82. The molecule has 2 aliphatic rings. The molecule has 2 fully saturated rings. The first-order valence-electron chi connectivity index (χ1n) is 6.99. The number of halogens is 1. The van der Waals surface area contributed by atoms with Crippen LogP contribution in [0.15, 0.2) is 28.7 Å². The fourth-order valence-electron chi connectivity index (χ4n) is 3.64. The molecular formula is C15H19BrN2O2. The lowest BCUT2D eigenvalue weighted by Crippen LogP contribution is -2.57. The Morgan fingerprint density at radius 3 is 2.60 bits per heavy atom. The fraction of sp³-hybridized carbons (Fsp3) is 0.533. The molecule has 2 N–H and O–H groups in total. The van der Waals surface area contributed by atoms with E-state index in [-0.39, 0.29) is 0 Å². The van der Waals surface area contributed by atoms with Crippen LogP contribution in [0.4, 0.5) is 5.69 Å². The van der Waals surface area contributed by atoms with Gasteiger partial charge in [-0.25, -0.2) is 4.79 Å². The first kappa shape index (κ1) is 13.9. The second-order valence-corrected chi connectivity index (χ2v) is 6.90. The number of piperidine rings is 1. The predicted molar refractivity (Wildman–Crippen MR) is 81.9 cm³/mol. The van der Waals surface area contributed by atoms with Gasteiger partial charge in [-0.3, -0.25) is 0 Å². The molecule has 20 heavy (non-hydrogen) atoms. The normalized spacial score (nSPS) is 33.1. The monoisotopic (exact) mass is 338 g/mol. The van der Waals surface area contributed by atoms with Gasteiger partial charge in [0.2, 0.25) is 0 Å². The highest BCUT2D eigenvalue weighted by Crippen LogP contribution is 2.41. The van der Waals surface area contributed by atoms with Crippen LogP contribution in [-0.2, 0) is 4.79 Å². The fourth-order valence-corrected chi connectivity index (χ4v) is 4.04. The van der Waals surface area contributed by atoms with Crippen molar-refractivity contribution in [2.24, 2.45) is 0 Å². The van der Waals surface area contributed by atoms with Gasteiger partial charge in [0.05, 0.1) is 0 Å². The van der Waals surface area contributed by atoms with Crippen LogP contribution in [0.3, 0.4) is 0 Å². The Morgan fingerprint density at radius 1 is 1.40 bits per heavy atom.